The molecular formula is C25H31N5O3. The van der Waals surface area contributed by atoms with Gasteiger partial charge in [-0.25, -0.2) is 4.98 Å². The number of likely N-dealkylation sites (tertiary alicyclic amines) is 1. The van der Waals surface area contributed by atoms with E-state index in [4.69, 9.17) is 0 Å². The maximum Gasteiger partial charge on any atom is 0.258 e. The Morgan fingerprint density at radius 2 is 1.88 bits per heavy atom. The van der Waals surface area contributed by atoms with Crippen molar-refractivity contribution in [3.8, 4) is 0 Å². The molecule has 2 aromatic heterocycles. The predicted octanol–water partition coefficient (Wildman–Crippen LogP) is 3.39. The molecule has 33 heavy (non-hydrogen) atoms. The number of nitrogens with zero attached hydrogens (tertiary/aromatic N) is 4. The molecule has 1 aromatic carbocycles. The summed E-state index contributed by atoms with van der Waals surface area (Å²) in [4.78, 5) is 47.2. The van der Waals surface area contributed by atoms with Crippen LogP contribution in [0.1, 0.15) is 62.3 Å². The smallest absolute Gasteiger partial charge is 0.258 e. The first kappa shape index (κ1) is 22.9. The highest BCUT2D eigenvalue weighted by Gasteiger charge is 2.29. The van der Waals surface area contributed by atoms with Crippen LogP contribution in [-0.4, -0.2) is 49.4 Å². The lowest BCUT2D eigenvalue weighted by Crippen LogP contribution is -2.40. The number of fused-ring (bicyclic) bond motifs is 1. The lowest BCUT2D eigenvalue weighted by Gasteiger charge is -2.32. The van der Waals surface area contributed by atoms with Crippen LogP contribution in [0.3, 0.4) is 0 Å². The first-order valence-electron chi connectivity index (χ1n) is 11.7. The molecule has 8 nitrogen and oxygen atoms in total. The molecule has 3 heterocycles. The highest BCUT2D eigenvalue weighted by atomic mass is 16.2. The third kappa shape index (κ3) is 5.21. The zero-order valence-corrected chi connectivity index (χ0v) is 19.5. The molecule has 0 saturated carbocycles. The van der Waals surface area contributed by atoms with Crippen molar-refractivity contribution in [2.45, 2.75) is 52.5 Å². The number of carbonyl (C=O) groups excluding carboxylic acids is 2. The van der Waals surface area contributed by atoms with Gasteiger partial charge in [0.2, 0.25) is 5.91 Å². The quantitative estimate of drug-likeness (QED) is 0.557. The molecule has 1 aliphatic rings. The van der Waals surface area contributed by atoms with Gasteiger partial charge in [0.25, 0.3) is 5.56 Å². The Morgan fingerprint density at radius 1 is 1.15 bits per heavy atom. The molecule has 1 amide bonds. The van der Waals surface area contributed by atoms with E-state index in [1.54, 1.807) is 16.9 Å². The van der Waals surface area contributed by atoms with Crippen LogP contribution in [-0.2, 0) is 11.2 Å². The summed E-state index contributed by atoms with van der Waals surface area (Å²) in [6.07, 6.45) is 5.72. The number of amides is 1. The Morgan fingerprint density at radius 3 is 2.58 bits per heavy atom. The maximum absolute atomic E-state index is 12.8. The summed E-state index contributed by atoms with van der Waals surface area (Å²) >= 11 is 0. The van der Waals surface area contributed by atoms with Crippen molar-refractivity contribution in [1.82, 2.24) is 24.6 Å². The second-order valence-electron chi connectivity index (χ2n) is 9.37. The SMILES string of the molecule is CC(C)n1cc(C(=O)C2CCN(C(=O)C[C@@H](C)Cc3nc4ccccc4c(=O)[nH]3)CC2)cn1. The van der Waals surface area contributed by atoms with Crippen LogP contribution >= 0.6 is 0 Å². The summed E-state index contributed by atoms with van der Waals surface area (Å²) in [6.45, 7) is 7.23. The number of aromatic nitrogens is 4. The van der Waals surface area contributed by atoms with Gasteiger partial charge in [-0.2, -0.15) is 5.10 Å². The zero-order chi connectivity index (χ0) is 23.5. The molecule has 1 saturated heterocycles. The molecule has 1 fully saturated rings. The van der Waals surface area contributed by atoms with Crippen LogP contribution in [0.2, 0.25) is 0 Å². The molecule has 174 valence electrons. The van der Waals surface area contributed by atoms with E-state index in [9.17, 15) is 14.4 Å². The minimum absolute atomic E-state index is 0.0445. The number of H-pyrrole nitrogens is 1. The lowest BCUT2D eigenvalue weighted by molar-refractivity contribution is -0.133. The lowest BCUT2D eigenvalue weighted by atomic mass is 9.89. The van der Waals surface area contributed by atoms with E-state index in [0.717, 1.165) is 0 Å². The summed E-state index contributed by atoms with van der Waals surface area (Å²) in [5.41, 5.74) is 1.17. The van der Waals surface area contributed by atoms with Crippen molar-refractivity contribution in [3.05, 3.63) is 58.4 Å². The molecule has 4 rings (SSSR count). The van der Waals surface area contributed by atoms with Crippen molar-refractivity contribution >= 4 is 22.6 Å². The number of carbonyl (C=O) groups is 2. The van der Waals surface area contributed by atoms with Crippen molar-refractivity contribution < 1.29 is 9.59 Å². The summed E-state index contributed by atoms with van der Waals surface area (Å²) in [7, 11) is 0. The second kappa shape index (κ2) is 9.68. The van der Waals surface area contributed by atoms with Gasteiger partial charge in [-0.15, -0.1) is 0 Å². The molecule has 0 bridgehead atoms. The summed E-state index contributed by atoms with van der Waals surface area (Å²) in [5, 5.41) is 4.84. The molecule has 0 radical (unpaired) electrons. The van der Waals surface area contributed by atoms with Gasteiger partial charge < -0.3 is 9.88 Å². The number of piperidine rings is 1. The number of aromatic amines is 1. The summed E-state index contributed by atoms with van der Waals surface area (Å²) < 4.78 is 1.80. The maximum atomic E-state index is 12.8. The predicted molar refractivity (Wildman–Crippen MR) is 126 cm³/mol. The molecule has 0 aliphatic carbocycles. The Hall–Kier alpha value is -3.29. The van der Waals surface area contributed by atoms with E-state index in [1.165, 1.54) is 0 Å². The molecule has 0 spiro atoms. The van der Waals surface area contributed by atoms with Crippen LogP contribution < -0.4 is 5.56 Å². The molecule has 8 heteroatoms. The average molecular weight is 450 g/mol. The molecule has 1 atom stereocenters. The fourth-order valence-corrected chi connectivity index (χ4v) is 4.44. The van der Waals surface area contributed by atoms with Crippen molar-refractivity contribution in [1.29, 1.82) is 0 Å². The minimum atomic E-state index is -0.153. The molecule has 1 aliphatic heterocycles. The number of nitrogens with one attached hydrogen (secondary N) is 1. The van der Waals surface area contributed by atoms with E-state index < -0.39 is 0 Å². The van der Waals surface area contributed by atoms with Crippen molar-refractivity contribution in [3.63, 3.8) is 0 Å². The fraction of sp³-hybridized carbons (Fsp3) is 0.480. The van der Waals surface area contributed by atoms with Gasteiger partial charge in [0.05, 0.1) is 22.7 Å². The fourth-order valence-electron chi connectivity index (χ4n) is 4.44. The van der Waals surface area contributed by atoms with Crippen molar-refractivity contribution in [2.24, 2.45) is 11.8 Å². The molecular weight excluding hydrogens is 418 g/mol. The van der Waals surface area contributed by atoms with Gasteiger partial charge >= 0.3 is 0 Å². The van der Waals surface area contributed by atoms with Gasteiger partial charge in [0.15, 0.2) is 5.78 Å². The molecule has 3 aromatic rings. The van der Waals surface area contributed by atoms with Gasteiger partial charge in [0, 0.05) is 44.1 Å². The Balaban J connectivity index is 1.30. The van der Waals surface area contributed by atoms with Crippen LogP contribution in [0, 0.1) is 11.8 Å². The third-order valence-electron chi connectivity index (χ3n) is 6.36. The number of rotatable bonds is 7. The topological polar surface area (TPSA) is 101 Å². The standard InChI is InChI=1S/C25H31N5O3/c1-16(2)30-15-19(14-26-30)24(32)18-8-10-29(11-9-18)23(31)13-17(3)12-22-27-21-7-5-4-6-20(21)25(33)28-22/h4-7,14-18H,8-13H2,1-3H3,(H,27,28,33)/t17-/m0/s1. The number of para-hydroxylation sites is 1. The summed E-state index contributed by atoms with van der Waals surface area (Å²) in [6, 6.07) is 7.47. The second-order valence-corrected chi connectivity index (χ2v) is 9.37. The first-order valence-corrected chi connectivity index (χ1v) is 11.7. The average Bonchev–Trinajstić information content (AvgIpc) is 3.29. The number of ketones is 1. The first-order chi connectivity index (χ1) is 15.8. The van der Waals surface area contributed by atoms with Crippen molar-refractivity contribution in [2.75, 3.05) is 13.1 Å². The van der Waals surface area contributed by atoms with E-state index in [-0.39, 0.29) is 35.1 Å². The number of hydrogen-bond donors (Lipinski definition) is 1. The Kier molecular flexibility index (Phi) is 6.72. The van der Waals surface area contributed by atoms with Crippen LogP contribution in [0.5, 0.6) is 0 Å². The minimum Gasteiger partial charge on any atom is -0.343 e. The molecule has 0 unspecified atom stereocenters. The largest absolute Gasteiger partial charge is 0.343 e. The van der Waals surface area contributed by atoms with Crippen LogP contribution in [0.4, 0.5) is 0 Å². The summed E-state index contributed by atoms with van der Waals surface area (Å²) in [5.74, 6) is 0.786. The normalized spacial score (nSPS) is 15.8. The third-order valence-corrected chi connectivity index (χ3v) is 6.36. The van der Waals surface area contributed by atoms with Gasteiger partial charge in [-0.05, 0) is 44.7 Å². The number of hydrogen-bond acceptors (Lipinski definition) is 5. The van der Waals surface area contributed by atoms with E-state index in [2.05, 4.69) is 15.1 Å². The van der Waals surface area contributed by atoms with Gasteiger partial charge in [0.1, 0.15) is 5.82 Å². The van der Waals surface area contributed by atoms with E-state index >= 15 is 0 Å². The molecule has 1 N–H and O–H groups in total. The van der Waals surface area contributed by atoms with E-state index in [0.29, 0.717) is 61.1 Å². The van der Waals surface area contributed by atoms with Gasteiger partial charge in [-0.3, -0.25) is 19.1 Å². The van der Waals surface area contributed by atoms with Crippen LogP contribution in [0.25, 0.3) is 10.9 Å². The Labute approximate surface area is 193 Å². The monoisotopic (exact) mass is 449 g/mol. The Bertz CT molecular complexity index is 1200. The highest BCUT2D eigenvalue weighted by Crippen LogP contribution is 2.23. The number of benzene rings is 1. The van der Waals surface area contributed by atoms with Gasteiger partial charge in [-0.1, -0.05) is 19.1 Å². The highest BCUT2D eigenvalue weighted by molar-refractivity contribution is 5.97. The zero-order valence-electron chi connectivity index (χ0n) is 19.5. The number of Topliss-reactive ketones (excluding diaryl/α,β-unsaturated/α-hetero) is 1. The van der Waals surface area contributed by atoms with E-state index in [1.807, 2.05) is 50.1 Å². The van der Waals surface area contributed by atoms with Crippen LogP contribution in [0.15, 0.2) is 41.5 Å².